The first-order valence-electron chi connectivity index (χ1n) is 6.02. The Labute approximate surface area is 112 Å². The minimum absolute atomic E-state index is 0.0184. The molecule has 0 bridgehead atoms. The van der Waals surface area contributed by atoms with Gasteiger partial charge in [-0.1, -0.05) is 17.8 Å². The first-order chi connectivity index (χ1) is 8.49. The molecule has 1 amide bonds. The number of Topliss-reactive ketones (excluding diaryl/α,β-unsaturated/α-hetero) is 1. The van der Waals surface area contributed by atoms with E-state index in [2.05, 4.69) is 0 Å². The van der Waals surface area contributed by atoms with E-state index in [1.54, 1.807) is 4.90 Å². The zero-order chi connectivity index (χ0) is 13.3. The Hall–Kier alpha value is -1.29. The molecular weight excluding hydrogens is 246 g/mol. The number of rotatable bonds is 3. The van der Waals surface area contributed by atoms with Crippen LogP contribution < -0.4 is 0 Å². The number of carbonyl (C=O) groups excluding carboxylic acids is 2. The number of thioether (sulfide) groups is 1. The van der Waals surface area contributed by atoms with Gasteiger partial charge in [-0.05, 0) is 43.5 Å². The van der Waals surface area contributed by atoms with Crippen LogP contribution in [-0.2, 0) is 0 Å². The van der Waals surface area contributed by atoms with E-state index in [9.17, 15) is 9.59 Å². The van der Waals surface area contributed by atoms with E-state index < -0.39 is 0 Å². The Morgan fingerprint density at radius 2 is 1.89 bits per heavy atom. The summed E-state index contributed by atoms with van der Waals surface area (Å²) in [4.78, 5) is 25.3. The van der Waals surface area contributed by atoms with E-state index >= 15 is 0 Å². The first-order valence-corrected chi connectivity index (χ1v) is 7.00. The third-order valence-corrected chi connectivity index (χ3v) is 4.21. The molecule has 1 aromatic rings. The van der Waals surface area contributed by atoms with Gasteiger partial charge in [-0.15, -0.1) is 0 Å². The fourth-order valence-electron chi connectivity index (χ4n) is 2.09. The monoisotopic (exact) mass is 263 g/mol. The minimum Gasteiger partial charge on any atom is -0.325 e. The normalized spacial score (nSPS) is 15.3. The van der Waals surface area contributed by atoms with Crippen molar-refractivity contribution in [3.05, 3.63) is 34.4 Å². The van der Waals surface area contributed by atoms with Gasteiger partial charge in [-0.2, -0.15) is 0 Å². The van der Waals surface area contributed by atoms with Crippen LogP contribution in [0.4, 0.5) is 4.79 Å². The van der Waals surface area contributed by atoms with Crippen LogP contribution in [0.3, 0.4) is 0 Å². The first kappa shape index (κ1) is 13.1. The Morgan fingerprint density at radius 3 is 2.50 bits per heavy atom. The molecule has 1 saturated heterocycles. The molecule has 3 nitrogen and oxygen atoms in total. The summed E-state index contributed by atoms with van der Waals surface area (Å²) < 4.78 is 0. The molecule has 0 atom stereocenters. The molecule has 0 N–H and O–H groups in total. The van der Waals surface area contributed by atoms with Gasteiger partial charge < -0.3 is 4.90 Å². The maximum atomic E-state index is 12.2. The van der Waals surface area contributed by atoms with Crippen molar-refractivity contribution in [3.63, 3.8) is 0 Å². The van der Waals surface area contributed by atoms with Crippen LogP contribution in [0.5, 0.6) is 0 Å². The second-order valence-electron chi connectivity index (χ2n) is 4.71. The minimum atomic E-state index is 0.0184. The maximum Gasteiger partial charge on any atom is 0.282 e. The van der Waals surface area contributed by atoms with Gasteiger partial charge in [0.05, 0.1) is 6.54 Å². The van der Waals surface area contributed by atoms with E-state index in [-0.39, 0.29) is 17.6 Å². The molecule has 1 aromatic carbocycles. The average molecular weight is 263 g/mol. The van der Waals surface area contributed by atoms with Gasteiger partial charge in [-0.3, -0.25) is 9.59 Å². The molecule has 18 heavy (non-hydrogen) atoms. The number of ketones is 1. The summed E-state index contributed by atoms with van der Waals surface area (Å²) in [7, 11) is 0. The number of benzene rings is 1. The van der Waals surface area contributed by atoms with Crippen molar-refractivity contribution in [2.24, 2.45) is 0 Å². The molecule has 1 aliphatic rings. The van der Waals surface area contributed by atoms with Crippen LogP contribution in [0, 0.1) is 20.8 Å². The Morgan fingerprint density at radius 1 is 1.22 bits per heavy atom. The van der Waals surface area contributed by atoms with Gasteiger partial charge in [0.2, 0.25) is 0 Å². The highest BCUT2D eigenvalue weighted by atomic mass is 32.2. The third kappa shape index (κ3) is 2.58. The number of hydrogen-bond donors (Lipinski definition) is 0. The van der Waals surface area contributed by atoms with E-state index in [0.29, 0.717) is 6.54 Å². The molecule has 96 valence electrons. The maximum absolute atomic E-state index is 12.2. The van der Waals surface area contributed by atoms with Crippen molar-refractivity contribution in [2.75, 3.05) is 18.8 Å². The van der Waals surface area contributed by atoms with Gasteiger partial charge in [0.1, 0.15) is 0 Å². The predicted molar refractivity (Wildman–Crippen MR) is 74.4 cm³/mol. The number of carbonyl (C=O) groups is 2. The highest BCUT2D eigenvalue weighted by molar-refractivity contribution is 8.13. The largest absolute Gasteiger partial charge is 0.325 e. The lowest BCUT2D eigenvalue weighted by atomic mass is 9.98. The van der Waals surface area contributed by atoms with Gasteiger partial charge in [0, 0.05) is 17.9 Å². The van der Waals surface area contributed by atoms with Crippen molar-refractivity contribution < 1.29 is 9.59 Å². The number of aryl methyl sites for hydroxylation is 3. The highest BCUT2D eigenvalue weighted by Gasteiger charge is 2.24. The molecule has 0 aromatic heterocycles. The van der Waals surface area contributed by atoms with Crippen molar-refractivity contribution in [1.29, 1.82) is 0 Å². The Kier molecular flexibility index (Phi) is 3.76. The molecule has 0 unspecified atom stereocenters. The molecule has 0 radical (unpaired) electrons. The number of amides is 1. The molecule has 0 saturated carbocycles. The van der Waals surface area contributed by atoms with Crippen LogP contribution in [0.2, 0.25) is 0 Å². The summed E-state index contributed by atoms with van der Waals surface area (Å²) in [6.45, 7) is 6.87. The zero-order valence-corrected chi connectivity index (χ0v) is 11.8. The average Bonchev–Trinajstić information content (AvgIpc) is 2.69. The van der Waals surface area contributed by atoms with E-state index in [1.165, 1.54) is 17.3 Å². The molecule has 2 rings (SSSR count). The second kappa shape index (κ2) is 5.14. The van der Waals surface area contributed by atoms with Crippen molar-refractivity contribution in [3.8, 4) is 0 Å². The van der Waals surface area contributed by atoms with Gasteiger partial charge in [0.25, 0.3) is 5.24 Å². The van der Waals surface area contributed by atoms with E-state index in [4.69, 9.17) is 0 Å². The van der Waals surface area contributed by atoms with Gasteiger partial charge >= 0.3 is 0 Å². The summed E-state index contributed by atoms with van der Waals surface area (Å²) in [5, 5.41) is 0.0184. The van der Waals surface area contributed by atoms with Crippen molar-refractivity contribution in [2.45, 2.75) is 20.8 Å². The molecule has 1 aliphatic heterocycles. The lowest BCUT2D eigenvalue weighted by Crippen LogP contribution is -2.30. The smallest absolute Gasteiger partial charge is 0.282 e. The van der Waals surface area contributed by atoms with Crippen molar-refractivity contribution in [1.82, 2.24) is 4.90 Å². The van der Waals surface area contributed by atoms with Crippen LogP contribution in [0.1, 0.15) is 27.0 Å². The molecule has 4 heteroatoms. The molecule has 0 aliphatic carbocycles. The highest BCUT2D eigenvalue weighted by Crippen LogP contribution is 2.20. The third-order valence-electron chi connectivity index (χ3n) is 3.32. The summed E-state index contributed by atoms with van der Waals surface area (Å²) in [5.74, 6) is 0.823. The van der Waals surface area contributed by atoms with Gasteiger partial charge in [0.15, 0.2) is 5.78 Å². The zero-order valence-electron chi connectivity index (χ0n) is 10.9. The molecule has 1 heterocycles. The van der Waals surface area contributed by atoms with Crippen LogP contribution in [0.15, 0.2) is 12.1 Å². The van der Waals surface area contributed by atoms with E-state index in [1.807, 2.05) is 32.9 Å². The Bertz CT molecular complexity index is 511. The quantitative estimate of drug-likeness (QED) is 0.787. The number of nitrogens with zero attached hydrogens (tertiary/aromatic N) is 1. The standard InChI is InChI=1S/C14H17NO2S/c1-9-6-11(3)12(7-10(9)2)13(16)8-15-4-5-18-14(15)17/h6-7H,4-5,8H2,1-3H3. The van der Waals surface area contributed by atoms with E-state index in [0.717, 1.165) is 22.4 Å². The predicted octanol–water partition coefficient (Wildman–Crippen LogP) is 2.96. The van der Waals surface area contributed by atoms with Gasteiger partial charge in [-0.25, -0.2) is 0 Å². The molecular formula is C14H17NO2S. The summed E-state index contributed by atoms with van der Waals surface area (Å²) >= 11 is 1.29. The van der Waals surface area contributed by atoms with Crippen molar-refractivity contribution >= 4 is 22.8 Å². The number of hydrogen-bond acceptors (Lipinski definition) is 3. The molecule has 1 fully saturated rings. The second-order valence-corrected chi connectivity index (χ2v) is 5.76. The Balaban J connectivity index is 2.18. The van der Waals surface area contributed by atoms with Crippen LogP contribution in [0.25, 0.3) is 0 Å². The fourth-order valence-corrected chi connectivity index (χ4v) is 2.91. The topological polar surface area (TPSA) is 37.4 Å². The lowest BCUT2D eigenvalue weighted by Gasteiger charge is -2.15. The lowest BCUT2D eigenvalue weighted by molar-refractivity contribution is 0.0955. The summed E-state index contributed by atoms with van der Waals surface area (Å²) in [5.41, 5.74) is 4.04. The van der Waals surface area contributed by atoms with Crippen LogP contribution >= 0.6 is 11.8 Å². The summed E-state index contributed by atoms with van der Waals surface area (Å²) in [6, 6.07) is 3.96. The SMILES string of the molecule is Cc1cc(C)c(C(=O)CN2CCSC2=O)cc1C. The van der Waals surface area contributed by atoms with Crippen LogP contribution in [-0.4, -0.2) is 34.8 Å². The molecule has 0 spiro atoms. The summed E-state index contributed by atoms with van der Waals surface area (Å²) in [6.07, 6.45) is 0. The fraction of sp³-hybridized carbons (Fsp3) is 0.429.